The Hall–Kier alpha value is -1.78. The Labute approximate surface area is 222 Å². The van der Waals surface area contributed by atoms with Crippen LogP contribution in [0.3, 0.4) is 0 Å². The van der Waals surface area contributed by atoms with Gasteiger partial charge in [0, 0.05) is 25.4 Å². The molecule has 1 atom stereocenters. The van der Waals surface area contributed by atoms with Crippen LogP contribution in [0.5, 0.6) is 5.75 Å². The lowest BCUT2D eigenvalue weighted by Crippen LogP contribution is -2.39. The average molecular weight is 526 g/mol. The van der Waals surface area contributed by atoms with E-state index in [9.17, 15) is 13.2 Å². The Morgan fingerprint density at radius 1 is 1.05 bits per heavy atom. The van der Waals surface area contributed by atoms with Crippen molar-refractivity contribution in [2.24, 2.45) is 16.7 Å². The predicted octanol–water partition coefficient (Wildman–Crippen LogP) is 8.07. The van der Waals surface area contributed by atoms with Gasteiger partial charge in [-0.05, 0) is 75.8 Å². The number of methoxy groups -OCH3 is 1. The van der Waals surface area contributed by atoms with Gasteiger partial charge in [0.2, 0.25) is 0 Å². The Morgan fingerprint density at radius 2 is 1.70 bits per heavy atom. The Morgan fingerprint density at radius 3 is 2.24 bits per heavy atom. The zero-order valence-electron chi connectivity index (χ0n) is 24.1. The van der Waals surface area contributed by atoms with Crippen molar-refractivity contribution in [3.8, 4) is 17.6 Å². The number of pyridine rings is 1. The summed E-state index contributed by atoms with van der Waals surface area (Å²) in [4.78, 5) is 3.83. The van der Waals surface area contributed by atoms with E-state index in [1.54, 1.807) is 7.11 Å². The zero-order chi connectivity index (χ0) is 28.1. The first kappa shape index (κ1) is 31.4. The fraction of sp³-hybridized carbons (Fsp3) is 0.767. The van der Waals surface area contributed by atoms with Crippen LogP contribution in [0.1, 0.15) is 105 Å². The fourth-order valence-corrected chi connectivity index (χ4v) is 4.64. The molecule has 1 unspecified atom stereocenters. The summed E-state index contributed by atoms with van der Waals surface area (Å²) >= 11 is 0. The largest absolute Gasteiger partial charge is 0.488 e. The summed E-state index contributed by atoms with van der Waals surface area (Å²) in [6, 6.07) is 2.82. The molecule has 1 aliphatic rings. The summed E-state index contributed by atoms with van der Waals surface area (Å²) in [6.45, 7) is 17.7. The molecule has 0 aliphatic heterocycles. The molecule has 1 aliphatic carbocycles. The monoisotopic (exact) mass is 525 g/mol. The predicted molar refractivity (Wildman–Crippen MR) is 141 cm³/mol. The fourth-order valence-electron chi connectivity index (χ4n) is 4.64. The third kappa shape index (κ3) is 10.1. The molecule has 4 nitrogen and oxygen atoms in total. The molecule has 7 heteroatoms. The molecule has 1 saturated carbocycles. The van der Waals surface area contributed by atoms with Crippen LogP contribution in [-0.4, -0.2) is 36.5 Å². The topological polar surface area (TPSA) is 40.6 Å². The standard InChI is InChI=1S/C30H46F3NO3/c1-10-29(8,16-13-21(2)3)36-20-28(6,7)19-27(4,5)15-14-22-11-12-25(26(34-22)30(31,32)33)37-24-17-23(18-24)35-9/h11-12,21,23-24H,10,13,16-20H2,1-9H3. The number of nitrogens with zero attached hydrogens (tertiary/aromatic N) is 1. The highest BCUT2D eigenvalue weighted by Gasteiger charge is 2.39. The lowest BCUT2D eigenvalue weighted by molar-refractivity contribution is -0.144. The van der Waals surface area contributed by atoms with Crippen LogP contribution >= 0.6 is 0 Å². The number of aromatic nitrogens is 1. The maximum Gasteiger partial charge on any atom is 0.437 e. The van der Waals surface area contributed by atoms with Crippen LogP contribution in [0.15, 0.2) is 12.1 Å². The highest BCUT2D eigenvalue weighted by atomic mass is 19.4. The molecule has 0 bridgehead atoms. The molecule has 1 aromatic rings. The second kappa shape index (κ2) is 12.4. The summed E-state index contributed by atoms with van der Waals surface area (Å²) in [5, 5.41) is 0. The van der Waals surface area contributed by atoms with Crippen molar-refractivity contribution in [3.05, 3.63) is 23.5 Å². The normalized spacial score (nSPS) is 20.1. The molecular formula is C30H46F3NO3. The van der Waals surface area contributed by atoms with Gasteiger partial charge in [-0.25, -0.2) is 4.98 Å². The van der Waals surface area contributed by atoms with E-state index in [2.05, 4.69) is 58.4 Å². The van der Waals surface area contributed by atoms with E-state index in [4.69, 9.17) is 14.2 Å². The summed E-state index contributed by atoms with van der Waals surface area (Å²) in [7, 11) is 1.59. The van der Waals surface area contributed by atoms with Crippen molar-refractivity contribution in [2.45, 2.75) is 118 Å². The first-order valence-corrected chi connectivity index (χ1v) is 13.4. The van der Waals surface area contributed by atoms with Crippen LogP contribution in [0, 0.1) is 28.6 Å². The Bertz CT molecular complexity index is 940. The van der Waals surface area contributed by atoms with E-state index in [0.29, 0.717) is 25.4 Å². The van der Waals surface area contributed by atoms with Gasteiger partial charge in [-0.15, -0.1) is 0 Å². The number of hydrogen-bond acceptors (Lipinski definition) is 4. The number of halogens is 3. The summed E-state index contributed by atoms with van der Waals surface area (Å²) in [5.74, 6) is 6.42. The highest BCUT2D eigenvalue weighted by molar-refractivity contribution is 5.38. The molecule has 0 amide bonds. The number of ether oxygens (including phenoxy) is 3. The quantitative estimate of drug-likeness (QED) is 0.259. The number of alkyl halides is 3. The lowest BCUT2D eigenvalue weighted by atomic mass is 9.75. The molecule has 0 N–H and O–H groups in total. The molecule has 2 rings (SSSR count). The second-order valence-electron chi connectivity index (χ2n) is 12.6. The van der Waals surface area contributed by atoms with Gasteiger partial charge in [0.1, 0.15) is 11.8 Å². The van der Waals surface area contributed by atoms with Gasteiger partial charge in [0.05, 0.1) is 18.3 Å². The van der Waals surface area contributed by atoms with Crippen LogP contribution < -0.4 is 4.74 Å². The van der Waals surface area contributed by atoms with E-state index in [0.717, 1.165) is 25.7 Å². The molecule has 37 heavy (non-hydrogen) atoms. The summed E-state index contributed by atoms with van der Waals surface area (Å²) < 4.78 is 58.3. The first-order chi connectivity index (χ1) is 17.0. The number of rotatable bonds is 12. The summed E-state index contributed by atoms with van der Waals surface area (Å²) in [6.07, 6.45) is 0.0442. The van der Waals surface area contributed by atoms with E-state index in [-0.39, 0.29) is 34.7 Å². The van der Waals surface area contributed by atoms with Gasteiger partial charge >= 0.3 is 6.18 Å². The van der Waals surface area contributed by atoms with Crippen molar-refractivity contribution in [2.75, 3.05) is 13.7 Å². The van der Waals surface area contributed by atoms with Crippen molar-refractivity contribution < 1.29 is 27.4 Å². The average Bonchev–Trinajstić information content (AvgIpc) is 2.76. The van der Waals surface area contributed by atoms with Crippen molar-refractivity contribution in [1.82, 2.24) is 4.98 Å². The molecular weight excluding hydrogens is 479 g/mol. The van der Waals surface area contributed by atoms with E-state index in [1.807, 2.05) is 13.8 Å². The van der Waals surface area contributed by atoms with Gasteiger partial charge in [0.25, 0.3) is 0 Å². The number of hydrogen-bond donors (Lipinski definition) is 0. The van der Waals surface area contributed by atoms with Gasteiger partial charge in [-0.1, -0.05) is 40.5 Å². The third-order valence-electron chi connectivity index (χ3n) is 7.06. The van der Waals surface area contributed by atoms with Crippen LogP contribution in [-0.2, 0) is 15.7 Å². The minimum Gasteiger partial charge on any atom is -0.488 e. The zero-order valence-corrected chi connectivity index (χ0v) is 24.1. The first-order valence-electron chi connectivity index (χ1n) is 13.4. The Kier molecular flexibility index (Phi) is 10.5. The smallest absolute Gasteiger partial charge is 0.437 e. The summed E-state index contributed by atoms with van der Waals surface area (Å²) in [5.41, 5.74) is -1.71. The molecule has 0 aromatic carbocycles. The van der Waals surface area contributed by atoms with Crippen molar-refractivity contribution in [1.29, 1.82) is 0 Å². The molecule has 210 valence electrons. The Balaban J connectivity index is 2.09. The van der Waals surface area contributed by atoms with Crippen molar-refractivity contribution in [3.63, 3.8) is 0 Å². The third-order valence-corrected chi connectivity index (χ3v) is 7.06. The van der Waals surface area contributed by atoms with Crippen LogP contribution in [0.2, 0.25) is 0 Å². The van der Waals surface area contributed by atoms with E-state index < -0.39 is 17.3 Å². The minimum absolute atomic E-state index is 0.0325. The van der Waals surface area contributed by atoms with Crippen LogP contribution in [0.4, 0.5) is 13.2 Å². The van der Waals surface area contributed by atoms with Crippen molar-refractivity contribution >= 4 is 0 Å². The lowest BCUT2D eigenvalue weighted by Gasteiger charge is -2.37. The molecule has 1 aromatic heterocycles. The highest BCUT2D eigenvalue weighted by Crippen LogP contribution is 2.38. The van der Waals surface area contributed by atoms with E-state index in [1.165, 1.54) is 12.1 Å². The SMILES string of the molecule is CCC(C)(CCC(C)C)OCC(C)(C)CC(C)(C)C#Cc1ccc(OC2CC(OC)C2)c(C(F)(F)F)n1. The van der Waals surface area contributed by atoms with Gasteiger partial charge in [-0.2, -0.15) is 13.2 Å². The van der Waals surface area contributed by atoms with E-state index >= 15 is 0 Å². The molecule has 1 heterocycles. The second-order valence-corrected chi connectivity index (χ2v) is 12.6. The maximum atomic E-state index is 13.7. The van der Waals surface area contributed by atoms with Crippen LogP contribution in [0.25, 0.3) is 0 Å². The maximum absolute atomic E-state index is 13.7. The molecule has 0 radical (unpaired) electrons. The molecule has 0 spiro atoms. The molecule has 1 fully saturated rings. The van der Waals surface area contributed by atoms with Gasteiger partial charge in [0.15, 0.2) is 11.4 Å². The van der Waals surface area contributed by atoms with Gasteiger partial charge in [-0.3, -0.25) is 0 Å². The minimum atomic E-state index is -4.63. The van der Waals surface area contributed by atoms with Gasteiger partial charge < -0.3 is 14.2 Å². The molecule has 0 saturated heterocycles.